The normalized spacial score (nSPS) is 10.8. The summed E-state index contributed by atoms with van der Waals surface area (Å²) < 4.78 is 0. The fourth-order valence-corrected chi connectivity index (χ4v) is 2.47. The predicted octanol–water partition coefficient (Wildman–Crippen LogP) is 1.77. The zero-order chi connectivity index (χ0) is 13.2. The van der Waals surface area contributed by atoms with Crippen molar-refractivity contribution in [2.75, 3.05) is 17.7 Å². The maximum absolute atomic E-state index is 4.40. The Balaban J connectivity index is 1.88. The molecule has 3 rings (SSSR count). The van der Waals surface area contributed by atoms with Crippen LogP contribution in [0.1, 0.15) is 9.88 Å². The highest BCUT2D eigenvalue weighted by atomic mass is 32.1. The average Bonchev–Trinajstić information content (AvgIpc) is 3.04. The summed E-state index contributed by atoms with van der Waals surface area (Å²) in [6.45, 7) is 2.68. The van der Waals surface area contributed by atoms with Crippen molar-refractivity contribution in [2.24, 2.45) is 0 Å². The molecule has 3 N–H and O–H groups in total. The Kier molecular flexibility index (Phi) is 3.00. The topological polar surface area (TPSA) is 91.4 Å². The van der Waals surface area contributed by atoms with Crippen LogP contribution >= 0.6 is 11.3 Å². The zero-order valence-corrected chi connectivity index (χ0v) is 11.4. The first-order valence-electron chi connectivity index (χ1n) is 5.80. The summed E-state index contributed by atoms with van der Waals surface area (Å²) in [7, 11) is 1.79. The Hall–Kier alpha value is -2.22. The van der Waals surface area contributed by atoms with Gasteiger partial charge in [0, 0.05) is 18.1 Å². The van der Waals surface area contributed by atoms with Gasteiger partial charge in [0.25, 0.3) is 0 Å². The van der Waals surface area contributed by atoms with E-state index in [1.807, 2.05) is 13.1 Å². The second-order valence-corrected chi connectivity index (χ2v) is 5.30. The molecule has 98 valence electrons. The molecule has 0 radical (unpaired) electrons. The third-order valence-corrected chi connectivity index (χ3v) is 3.55. The molecule has 19 heavy (non-hydrogen) atoms. The fourth-order valence-electron chi connectivity index (χ4n) is 1.74. The van der Waals surface area contributed by atoms with Crippen molar-refractivity contribution in [1.29, 1.82) is 0 Å². The molecule has 0 aliphatic heterocycles. The molecule has 0 spiro atoms. The standard InChI is InChI=1S/C11H13N7S/c1-6-13-3-7(19-6)4-14-9-8-5-15-18-10(8)17-11(12-2)16-9/h3,5H,4H2,1-2H3,(H3,12,14,15,16,17,18). The lowest BCUT2D eigenvalue weighted by atomic mass is 10.4. The van der Waals surface area contributed by atoms with Crippen LogP contribution in [0.3, 0.4) is 0 Å². The lowest BCUT2D eigenvalue weighted by Gasteiger charge is -2.06. The molecule has 0 amide bonds. The molecular weight excluding hydrogens is 262 g/mol. The quantitative estimate of drug-likeness (QED) is 0.672. The predicted molar refractivity (Wildman–Crippen MR) is 75.4 cm³/mol. The van der Waals surface area contributed by atoms with E-state index in [9.17, 15) is 0 Å². The number of aryl methyl sites for hydroxylation is 1. The van der Waals surface area contributed by atoms with Gasteiger partial charge in [-0.15, -0.1) is 11.3 Å². The summed E-state index contributed by atoms with van der Waals surface area (Å²) in [6, 6.07) is 0. The number of aromatic amines is 1. The van der Waals surface area contributed by atoms with Gasteiger partial charge in [-0.25, -0.2) is 4.98 Å². The summed E-state index contributed by atoms with van der Waals surface area (Å²) in [5, 5.41) is 15.0. The number of nitrogens with zero attached hydrogens (tertiary/aromatic N) is 4. The molecule has 8 heteroatoms. The smallest absolute Gasteiger partial charge is 0.226 e. The molecule has 0 atom stereocenters. The maximum atomic E-state index is 4.40. The van der Waals surface area contributed by atoms with Crippen LogP contribution < -0.4 is 10.6 Å². The average molecular weight is 275 g/mol. The molecule has 3 aromatic rings. The lowest BCUT2D eigenvalue weighted by Crippen LogP contribution is -2.04. The van der Waals surface area contributed by atoms with E-state index in [1.54, 1.807) is 24.6 Å². The van der Waals surface area contributed by atoms with Gasteiger partial charge in [-0.05, 0) is 6.92 Å². The van der Waals surface area contributed by atoms with Crippen molar-refractivity contribution in [1.82, 2.24) is 25.1 Å². The minimum absolute atomic E-state index is 0.555. The molecule has 0 aliphatic rings. The number of hydrogen-bond acceptors (Lipinski definition) is 7. The van der Waals surface area contributed by atoms with Gasteiger partial charge in [-0.2, -0.15) is 15.1 Å². The summed E-state index contributed by atoms with van der Waals surface area (Å²) in [4.78, 5) is 14.1. The third-order valence-electron chi connectivity index (χ3n) is 2.63. The summed E-state index contributed by atoms with van der Waals surface area (Å²) in [5.74, 6) is 1.31. The first-order chi connectivity index (χ1) is 9.26. The van der Waals surface area contributed by atoms with Crippen LogP contribution in [0.5, 0.6) is 0 Å². The monoisotopic (exact) mass is 275 g/mol. The van der Waals surface area contributed by atoms with Crippen molar-refractivity contribution in [3.05, 3.63) is 22.3 Å². The van der Waals surface area contributed by atoms with E-state index in [2.05, 4.69) is 35.8 Å². The van der Waals surface area contributed by atoms with Crippen molar-refractivity contribution < 1.29 is 0 Å². The van der Waals surface area contributed by atoms with Crippen LogP contribution in [-0.2, 0) is 6.54 Å². The van der Waals surface area contributed by atoms with Gasteiger partial charge < -0.3 is 10.6 Å². The number of H-pyrrole nitrogens is 1. The minimum atomic E-state index is 0.555. The first-order valence-corrected chi connectivity index (χ1v) is 6.62. The van der Waals surface area contributed by atoms with Gasteiger partial charge in [-0.3, -0.25) is 5.10 Å². The van der Waals surface area contributed by atoms with E-state index in [-0.39, 0.29) is 0 Å². The van der Waals surface area contributed by atoms with Gasteiger partial charge in [-0.1, -0.05) is 0 Å². The molecule has 0 bridgehead atoms. The van der Waals surface area contributed by atoms with Crippen LogP contribution in [0, 0.1) is 6.92 Å². The number of hydrogen-bond donors (Lipinski definition) is 3. The Bertz CT molecular complexity index is 702. The van der Waals surface area contributed by atoms with E-state index in [4.69, 9.17) is 0 Å². The highest BCUT2D eigenvalue weighted by molar-refractivity contribution is 7.11. The Morgan fingerprint density at radius 2 is 2.21 bits per heavy atom. The number of nitrogens with one attached hydrogen (secondary N) is 3. The molecule has 0 aliphatic carbocycles. The second kappa shape index (κ2) is 4.81. The summed E-state index contributed by atoms with van der Waals surface area (Å²) in [5.41, 5.74) is 0.710. The number of anilines is 2. The van der Waals surface area contributed by atoms with Gasteiger partial charge in [0.15, 0.2) is 5.65 Å². The van der Waals surface area contributed by atoms with Gasteiger partial charge in [0.2, 0.25) is 5.95 Å². The van der Waals surface area contributed by atoms with Crippen LogP contribution in [0.2, 0.25) is 0 Å². The molecule has 3 heterocycles. The number of aromatic nitrogens is 5. The molecule has 0 aromatic carbocycles. The minimum Gasteiger partial charge on any atom is -0.364 e. The Labute approximate surface area is 113 Å². The SMILES string of the molecule is CNc1nc(NCc2cnc(C)s2)c2cn[nH]c2n1. The van der Waals surface area contributed by atoms with Crippen LogP contribution in [-0.4, -0.2) is 32.2 Å². The van der Waals surface area contributed by atoms with Gasteiger partial charge in [0.05, 0.1) is 23.1 Å². The molecule has 0 saturated heterocycles. The van der Waals surface area contributed by atoms with Gasteiger partial charge >= 0.3 is 0 Å². The second-order valence-electron chi connectivity index (χ2n) is 3.98. The maximum Gasteiger partial charge on any atom is 0.226 e. The van der Waals surface area contributed by atoms with Crippen molar-refractivity contribution >= 4 is 34.1 Å². The molecule has 0 fully saturated rings. The van der Waals surface area contributed by atoms with Crippen molar-refractivity contribution in [3.8, 4) is 0 Å². The molecule has 3 aromatic heterocycles. The largest absolute Gasteiger partial charge is 0.364 e. The van der Waals surface area contributed by atoms with Crippen LogP contribution in [0.4, 0.5) is 11.8 Å². The number of fused-ring (bicyclic) bond motifs is 1. The Morgan fingerprint density at radius 3 is 2.95 bits per heavy atom. The summed E-state index contributed by atoms with van der Waals surface area (Å²) >= 11 is 1.67. The van der Waals surface area contributed by atoms with E-state index >= 15 is 0 Å². The Morgan fingerprint density at radius 1 is 1.32 bits per heavy atom. The number of thiazole rings is 1. The van der Waals surface area contributed by atoms with Crippen LogP contribution in [0.15, 0.2) is 12.4 Å². The molecule has 0 unspecified atom stereocenters. The molecular formula is C11H13N7S. The van der Waals surface area contributed by atoms with E-state index in [0.717, 1.165) is 16.2 Å². The lowest BCUT2D eigenvalue weighted by molar-refractivity contribution is 1.08. The first kappa shape index (κ1) is 11.8. The zero-order valence-electron chi connectivity index (χ0n) is 10.6. The number of rotatable bonds is 4. The fraction of sp³-hybridized carbons (Fsp3) is 0.273. The highest BCUT2D eigenvalue weighted by Crippen LogP contribution is 2.21. The van der Waals surface area contributed by atoms with E-state index in [1.165, 1.54) is 4.88 Å². The third kappa shape index (κ3) is 2.34. The van der Waals surface area contributed by atoms with Crippen molar-refractivity contribution in [3.63, 3.8) is 0 Å². The summed E-state index contributed by atoms with van der Waals surface area (Å²) in [6.07, 6.45) is 3.59. The van der Waals surface area contributed by atoms with E-state index in [0.29, 0.717) is 18.1 Å². The molecule has 0 saturated carbocycles. The van der Waals surface area contributed by atoms with Crippen molar-refractivity contribution in [2.45, 2.75) is 13.5 Å². The van der Waals surface area contributed by atoms with Crippen LogP contribution in [0.25, 0.3) is 11.0 Å². The molecule has 7 nitrogen and oxygen atoms in total. The highest BCUT2D eigenvalue weighted by Gasteiger charge is 2.09. The van der Waals surface area contributed by atoms with E-state index < -0.39 is 0 Å². The van der Waals surface area contributed by atoms with Gasteiger partial charge in [0.1, 0.15) is 5.82 Å².